The van der Waals surface area contributed by atoms with Gasteiger partial charge in [-0.2, -0.15) is 0 Å². The fraction of sp³-hybridized carbons (Fsp3) is 0.867. The van der Waals surface area contributed by atoms with Crippen LogP contribution in [0.25, 0.3) is 0 Å². The van der Waals surface area contributed by atoms with Gasteiger partial charge in [-0.1, -0.05) is 13.3 Å². The number of hydrogen-bond donors (Lipinski definition) is 2. The zero-order chi connectivity index (χ0) is 14.6. The highest BCUT2D eigenvalue weighted by Crippen LogP contribution is 2.39. The fourth-order valence-electron chi connectivity index (χ4n) is 3.11. The van der Waals surface area contributed by atoms with Crippen molar-refractivity contribution >= 4 is 12.0 Å². The van der Waals surface area contributed by atoms with Gasteiger partial charge < -0.3 is 15.3 Å². The molecule has 0 spiro atoms. The van der Waals surface area contributed by atoms with Crippen LogP contribution in [0.3, 0.4) is 0 Å². The summed E-state index contributed by atoms with van der Waals surface area (Å²) in [5, 5.41) is 11.7. The minimum Gasteiger partial charge on any atom is -0.481 e. The Bertz CT molecular complexity index is 358. The number of urea groups is 1. The maximum absolute atomic E-state index is 12.1. The number of rotatable bonds is 5. The Morgan fingerprint density at radius 3 is 2.45 bits per heavy atom. The zero-order valence-corrected chi connectivity index (χ0v) is 12.4. The Hall–Kier alpha value is -1.26. The van der Waals surface area contributed by atoms with Gasteiger partial charge >= 0.3 is 12.0 Å². The van der Waals surface area contributed by atoms with Crippen molar-refractivity contribution < 1.29 is 14.7 Å². The first kappa shape index (κ1) is 15.1. The van der Waals surface area contributed by atoms with Crippen LogP contribution < -0.4 is 5.32 Å². The molecule has 0 atom stereocenters. The molecule has 2 amide bonds. The van der Waals surface area contributed by atoms with Crippen LogP contribution in [0.15, 0.2) is 0 Å². The molecule has 20 heavy (non-hydrogen) atoms. The first-order valence-electron chi connectivity index (χ1n) is 7.73. The molecule has 0 aromatic carbocycles. The summed E-state index contributed by atoms with van der Waals surface area (Å²) in [7, 11) is 0. The number of amides is 2. The number of nitrogens with one attached hydrogen (secondary N) is 1. The molecule has 0 aromatic heterocycles. The summed E-state index contributed by atoms with van der Waals surface area (Å²) in [6.45, 7) is 4.53. The standard InChI is InChI=1S/C15H26N2O3/c1-15(7-2-8-15)11-16-14(20)17-9-5-12(6-10-17)3-4-13(18)19/h12H,2-11H2,1H3,(H,16,20)(H,18,19). The molecule has 0 unspecified atom stereocenters. The average Bonchev–Trinajstić information content (AvgIpc) is 2.41. The highest BCUT2D eigenvalue weighted by molar-refractivity contribution is 5.74. The molecule has 0 bridgehead atoms. The number of carboxylic acid groups (broad SMARTS) is 1. The Kier molecular flexibility index (Phi) is 4.89. The van der Waals surface area contributed by atoms with Gasteiger partial charge in [-0.25, -0.2) is 4.79 Å². The van der Waals surface area contributed by atoms with Crippen LogP contribution >= 0.6 is 0 Å². The molecule has 0 radical (unpaired) electrons. The Balaban J connectivity index is 1.65. The summed E-state index contributed by atoms with van der Waals surface area (Å²) in [6.07, 6.45) is 6.55. The van der Waals surface area contributed by atoms with E-state index in [1.807, 2.05) is 4.90 Å². The van der Waals surface area contributed by atoms with E-state index >= 15 is 0 Å². The van der Waals surface area contributed by atoms with Crippen molar-refractivity contribution in [1.29, 1.82) is 0 Å². The first-order chi connectivity index (χ1) is 9.48. The second-order valence-electron chi connectivity index (χ2n) is 6.69. The summed E-state index contributed by atoms with van der Waals surface area (Å²) in [4.78, 5) is 24.5. The van der Waals surface area contributed by atoms with Gasteiger partial charge in [0, 0.05) is 26.1 Å². The van der Waals surface area contributed by atoms with Crippen LogP contribution in [0.1, 0.15) is 51.9 Å². The van der Waals surface area contributed by atoms with Gasteiger partial charge in [0.25, 0.3) is 0 Å². The van der Waals surface area contributed by atoms with Crippen molar-refractivity contribution in [2.75, 3.05) is 19.6 Å². The van der Waals surface area contributed by atoms with Gasteiger partial charge in [0.2, 0.25) is 0 Å². The number of carbonyl (C=O) groups excluding carboxylic acids is 1. The molecule has 114 valence electrons. The lowest BCUT2D eigenvalue weighted by atomic mass is 9.70. The minimum atomic E-state index is -0.723. The number of piperidine rings is 1. The predicted octanol–water partition coefficient (Wildman–Crippen LogP) is 2.46. The van der Waals surface area contributed by atoms with E-state index in [1.54, 1.807) is 0 Å². The van der Waals surface area contributed by atoms with Crippen LogP contribution in [0.2, 0.25) is 0 Å². The maximum atomic E-state index is 12.1. The fourth-order valence-corrected chi connectivity index (χ4v) is 3.11. The van der Waals surface area contributed by atoms with Crippen LogP contribution in [0.5, 0.6) is 0 Å². The normalized spacial score (nSPS) is 22.1. The summed E-state index contributed by atoms with van der Waals surface area (Å²) >= 11 is 0. The van der Waals surface area contributed by atoms with Crippen LogP contribution in [0, 0.1) is 11.3 Å². The Morgan fingerprint density at radius 2 is 1.95 bits per heavy atom. The summed E-state index contributed by atoms with van der Waals surface area (Å²) < 4.78 is 0. The third-order valence-electron chi connectivity index (χ3n) is 4.90. The van der Waals surface area contributed by atoms with Gasteiger partial charge in [0.05, 0.1) is 0 Å². The smallest absolute Gasteiger partial charge is 0.317 e. The van der Waals surface area contributed by atoms with Crippen molar-refractivity contribution in [3.05, 3.63) is 0 Å². The van der Waals surface area contributed by atoms with Gasteiger partial charge in [-0.05, 0) is 43.4 Å². The Morgan fingerprint density at radius 1 is 1.30 bits per heavy atom. The van der Waals surface area contributed by atoms with Crippen LogP contribution in [-0.2, 0) is 4.79 Å². The lowest BCUT2D eigenvalue weighted by molar-refractivity contribution is -0.137. The predicted molar refractivity (Wildman–Crippen MR) is 76.5 cm³/mol. The third-order valence-corrected chi connectivity index (χ3v) is 4.90. The molecule has 5 heteroatoms. The number of aliphatic carboxylic acids is 1. The van der Waals surface area contributed by atoms with Crippen molar-refractivity contribution in [1.82, 2.24) is 10.2 Å². The number of carboxylic acids is 1. The summed E-state index contributed by atoms with van der Waals surface area (Å²) in [6, 6.07) is 0.0507. The van der Waals surface area contributed by atoms with E-state index in [9.17, 15) is 9.59 Å². The molecular formula is C15H26N2O3. The number of likely N-dealkylation sites (tertiary alicyclic amines) is 1. The van der Waals surface area contributed by atoms with E-state index in [2.05, 4.69) is 12.2 Å². The topological polar surface area (TPSA) is 69.6 Å². The molecule has 2 rings (SSSR count). The highest BCUT2D eigenvalue weighted by Gasteiger charge is 2.32. The van der Waals surface area contributed by atoms with E-state index in [0.717, 1.165) is 38.9 Å². The van der Waals surface area contributed by atoms with Gasteiger partial charge in [0.1, 0.15) is 0 Å². The molecule has 1 aliphatic carbocycles. The summed E-state index contributed by atoms with van der Waals surface area (Å²) in [5.74, 6) is -0.266. The van der Waals surface area contributed by atoms with Crippen LogP contribution in [0.4, 0.5) is 4.79 Å². The molecule has 2 fully saturated rings. The lowest BCUT2D eigenvalue weighted by Gasteiger charge is -2.39. The molecule has 5 nitrogen and oxygen atoms in total. The lowest BCUT2D eigenvalue weighted by Crippen LogP contribution is -2.48. The molecule has 0 aromatic rings. The zero-order valence-electron chi connectivity index (χ0n) is 12.4. The van der Waals surface area contributed by atoms with E-state index in [1.165, 1.54) is 19.3 Å². The molecule has 1 saturated carbocycles. The highest BCUT2D eigenvalue weighted by atomic mass is 16.4. The molecule has 1 heterocycles. The number of nitrogens with zero attached hydrogens (tertiary/aromatic N) is 1. The van der Waals surface area contributed by atoms with Gasteiger partial charge in [0.15, 0.2) is 0 Å². The molecule has 1 aliphatic heterocycles. The number of carbonyl (C=O) groups is 2. The molecule has 1 saturated heterocycles. The van der Waals surface area contributed by atoms with E-state index in [-0.39, 0.29) is 12.5 Å². The van der Waals surface area contributed by atoms with E-state index in [4.69, 9.17) is 5.11 Å². The van der Waals surface area contributed by atoms with E-state index in [0.29, 0.717) is 11.3 Å². The molecule has 2 N–H and O–H groups in total. The SMILES string of the molecule is CC1(CNC(=O)N2CCC(CCC(=O)O)CC2)CCC1. The summed E-state index contributed by atoms with van der Waals surface area (Å²) in [5.41, 5.74) is 0.315. The minimum absolute atomic E-state index is 0.0507. The molecule has 2 aliphatic rings. The van der Waals surface area contributed by atoms with E-state index < -0.39 is 5.97 Å². The third kappa shape index (κ3) is 4.12. The largest absolute Gasteiger partial charge is 0.481 e. The van der Waals surface area contributed by atoms with Crippen molar-refractivity contribution in [2.24, 2.45) is 11.3 Å². The van der Waals surface area contributed by atoms with Gasteiger partial charge in [-0.15, -0.1) is 0 Å². The first-order valence-corrected chi connectivity index (χ1v) is 7.73. The average molecular weight is 282 g/mol. The van der Waals surface area contributed by atoms with Gasteiger partial charge in [-0.3, -0.25) is 4.79 Å². The van der Waals surface area contributed by atoms with Crippen molar-refractivity contribution in [3.8, 4) is 0 Å². The van der Waals surface area contributed by atoms with Crippen molar-refractivity contribution in [2.45, 2.75) is 51.9 Å². The second-order valence-corrected chi connectivity index (χ2v) is 6.69. The number of hydrogen-bond acceptors (Lipinski definition) is 2. The monoisotopic (exact) mass is 282 g/mol. The Labute approximate surface area is 120 Å². The maximum Gasteiger partial charge on any atom is 0.317 e. The van der Waals surface area contributed by atoms with Crippen molar-refractivity contribution in [3.63, 3.8) is 0 Å². The quantitative estimate of drug-likeness (QED) is 0.814. The van der Waals surface area contributed by atoms with Crippen LogP contribution in [-0.4, -0.2) is 41.6 Å². The molecular weight excluding hydrogens is 256 g/mol. The second kappa shape index (κ2) is 6.46.